The van der Waals surface area contributed by atoms with Gasteiger partial charge in [-0.2, -0.15) is 0 Å². The number of Topliss-reactive ketones (excluding diaryl/α,β-unsaturated/α-hetero) is 1. The van der Waals surface area contributed by atoms with Crippen LogP contribution in [0.2, 0.25) is 0 Å². The number of allylic oxidation sites excluding steroid dienone is 2. The lowest BCUT2D eigenvalue weighted by molar-refractivity contribution is -0.273. The Labute approximate surface area is 129 Å². The Balaban J connectivity index is 2.22. The van der Waals surface area contributed by atoms with Crippen LogP contribution in [-0.2, 0) is 28.5 Å². The van der Waals surface area contributed by atoms with Crippen molar-refractivity contribution >= 4 is 11.8 Å². The number of fused-ring (bicyclic) bond motifs is 1. The van der Waals surface area contributed by atoms with Crippen molar-refractivity contribution in [3.63, 3.8) is 0 Å². The molecule has 2 bridgehead atoms. The van der Waals surface area contributed by atoms with Crippen LogP contribution in [0.3, 0.4) is 0 Å². The number of rotatable bonds is 3. The molecule has 0 saturated heterocycles. The van der Waals surface area contributed by atoms with Gasteiger partial charge in [-0.15, -0.1) is 0 Å². The Bertz CT molecular complexity index is 600. The molecule has 4 rings (SSSR count). The van der Waals surface area contributed by atoms with Gasteiger partial charge in [0.15, 0.2) is 5.78 Å². The quantitative estimate of drug-likeness (QED) is 0.576. The molecular weight excluding hydrogens is 288 g/mol. The summed E-state index contributed by atoms with van der Waals surface area (Å²) in [6.07, 6.45) is 3.62. The van der Waals surface area contributed by atoms with E-state index in [-0.39, 0.29) is 11.7 Å². The lowest BCUT2D eigenvalue weighted by atomic mass is 9.54. The second-order valence-corrected chi connectivity index (χ2v) is 6.10. The topological polar surface area (TPSA) is 71.1 Å². The molecule has 0 amide bonds. The van der Waals surface area contributed by atoms with Crippen molar-refractivity contribution in [3.8, 4) is 0 Å². The monoisotopic (exact) mass is 308 g/mol. The molecule has 4 aliphatic rings. The van der Waals surface area contributed by atoms with Crippen LogP contribution in [-0.4, -0.2) is 44.5 Å². The highest BCUT2D eigenvalue weighted by Gasteiger charge is 2.72. The minimum Gasteiger partial charge on any atom is -0.491 e. The molecule has 1 saturated carbocycles. The number of hydrogen-bond donors (Lipinski definition) is 0. The maximum atomic E-state index is 12.9. The molecule has 6 nitrogen and oxygen atoms in total. The van der Waals surface area contributed by atoms with E-state index in [1.54, 1.807) is 6.08 Å². The molecule has 0 spiro atoms. The van der Waals surface area contributed by atoms with E-state index in [0.29, 0.717) is 5.57 Å². The molecule has 0 unspecified atom stereocenters. The van der Waals surface area contributed by atoms with Crippen LogP contribution in [0, 0.1) is 17.8 Å². The molecule has 6 heteroatoms. The van der Waals surface area contributed by atoms with Gasteiger partial charge in [-0.1, -0.05) is 6.08 Å². The summed E-state index contributed by atoms with van der Waals surface area (Å²) < 4.78 is 21.9. The van der Waals surface area contributed by atoms with Crippen molar-refractivity contribution in [1.82, 2.24) is 0 Å². The maximum Gasteiger partial charge on any atom is 0.334 e. The normalized spacial score (nSPS) is 38.0. The predicted molar refractivity (Wildman–Crippen MR) is 75.6 cm³/mol. The molecule has 0 aromatic carbocycles. The Morgan fingerprint density at radius 3 is 2.41 bits per heavy atom. The fraction of sp³-hybridized carbons (Fsp3) is 0.625. The number of ketones is 1. The molecule has 1 aliphatic heterocycles. The van der Waals surface area contributed by atoms with Crippen molar-refractivity contribution in [2.45, 2.75) is 25.2 Å². The summed E-state index contributed by atoms with van der Waals surface area (Å²) in [5, 5.41) is 0. The third-order valence-corrected chi connectivity index (χ3v) is 5.14. The summed E-state index contributed by atoms with van der Waals surface area (Å²) in [4.78, 5) is 25.1. The SMILES string of the molecule is COC(=O)C1=C[C@@H]2C(=O)C(OC)(OC)[C@H]1[C@]1(C)OC(C)=C[C@H]21. The molecule has 22 heavy (non-hydrogen) atoms. The van der Waals surface area contributed by atoms with Gasteiger partial charge in [0.1, 0.15) is 5.60 Å². The minimum absolute atomic E-state index is 0.142. The zero-order valence-electron chi connectivity index (χ0n) is 13.3. The number of hydrogen-bond acceptors (Lipinski definition) is 6. The number of methoxy groups -OCH3 is 3. The zero-order valence-corrected chi connectivity index (χ0v) is 13.3. The third kappa shape index (κ3) is 1.57. The molecule has 0 radical (unpaired) electrons. The number of esters is 1. The average molecular weight is 308 g/mol. The van der Waals surface area contributed by atoms with Crippen molar-refractivity contribution < 1.29 is 28.5 Å². The van der Waals surface area contributed by atoms with E-state index in [0.717, 1.165) is 5.76 Å². The van der Waals surface area contributed by atoms with Crippen LogP contribution in [0.15, 0.2) is 23.5 Å². The van der Waals surface area contributed by atoms with Crippen LogP contribution >= 0.6 is 0 Å². The van der Waals surface area contributed by atoms with Gasteiger partial charge in [0.25, 0.3) is 0 Å². The highest BCUT2D eigenvalue weighted by atomic mass is 16.7. The smallest absolute Gasteiger partial charge is 0.334 e. The van der Waals surface area contributed by atoms with E-state index in [1.807, 2.05) is 19.9 Å². The standard InChI is InChI=1S/C16H20O6/c1-8-6-11-9-7-10(14(18)19-3)12(15(11,2)22-8)16(20-4,21-5)13(9)17/h6-7,9,11-12H,1-5H3/t9-,11+,12+,15+/m0/s1. The first-order chi connectivity index (χ1) is 10.4. The zero-order chi connectivity index (χ0) is 16.3. The van der Waals surface area contributed by atoms with Crippen molar-refractivity contribution in [2.75, 3.05) is 21.3 Å². The highest BCUT2D eigenvalue weighted by molar-refractivity contribution is 6.01. The third-order valence-electron chi connectivity index (χ3n) is 5.14. The van der Waals surface area contributed by atoms with Gasteiger partial charge in [-0.3, -0.25) is 4.79 Å². The van der Waals surface area contributed by atoms with Gasteiger partial charge in [0.05, 0.1) is 24.7 Å². The van der Waals surface area contributed by atoms with Crippen molar-refractivity contribution in [2.24, 2.45) is 17.8 Å². The molecule has 1 heterocycles. The second kappa shape index (κ2) is 4.67. The van der Waals surface area contributed by atoms with E-state index in [1.165, 1.54) is 21.3 Å². The average Bonchev–Trinajstić information content (AvgIpc) is 2.83. The van der Waals surface area contributed by atoms with Gasteiger partial charge in [-0.25, -0.2) is 4.79 Å². The molecule has 0 aromatic heterocycles. The van der Waals surface area contributed by atoms with Crippen LogP contribution < -0.4 is 0 Å². The summed E-state index contributed by atoms with van der Waals surface area (Å²) in [6, 6.07) is 0. The number of ether oxygens (including phenoxy) is 4. The summed E-state index contributed by atoms with van der Waals surface area (Å²) in [7, 11) is 4.13. The first-order valence-electron chi connectivity index (χ1n) is 7.17. The van der Waals surface area contributed by atoms with Gasteiger partial charge in [0.2, 0.25) is 5.79 Å². The van der Waals surface area contributed by atoms with E-state index < -0.39 is 29.2 Å². The van der Waals surface area contributed by atoms with E-state index in [9.17, 15) is 9.59 Å². The van der Waals surface area contributed by atoms with E-state index in [4.69, 9.17) is 18.9 Å². The lowest BCUT2D eigenvalue weighted by Crippen LogP contribution is -2.70. The molecular formula is C16H20O6. The molecule has 4 atom stereocenters. The minimum atomic E-state index is -1.54. The van der Waals surface area contributed by atoms with Crippen LogP contribution in [0.5, 0.6) is 0 Å². The lowest BCUT2D eigenvalue weighted by Gasteiger charge is -2.56. The van der Waals surface area contributed by atoms with Gasteiger partial charge >= 0.3 is 5.97 Å². The van der Waals surface area contributed by atoms with E-state index >= 15 is 0 Å². The van der Waals surface area contributed by atoms with Crippen LogP contribution in [0.1, 0.15) is 13.8 Å². The summed E-state index contributed by atoms with van der Waals surface area (Å²) in [5.41, 5.74) is -0.412. The fourth-order valence-corrected chi connectivity index (χ4v) is 4.30. The second-order valence-electron chi connectivity index (χ2n) is 6.10. The van der Waals surface area contributed by atoms with Gasteiger partial charge in [-0.05, 0) is 19.9 Å². The van der Waals surface area contributed by atoms with Crippen molar-refractivity contribution in [3.05, 3.63) is 23.5 Å². The summed E-state index contributed by atoms with van der Waals surface area (Å²) in [6.45, 7) is 3.73. The molecule has 0 aromatic rings. The highest BCUT2D eigenvalue weighted by Crippen LogP contribution is 2.59. The number of carbonyl (C=O) groups is 2. The predicted octanol–water partition coefficient (Wildman–Crippen LogP) is 1.21. The Morgan fingerprint density at radius 1 is 1.23 bits per heavy atom. The van der Waals surface area contributed by atoms with Crippen LogP contribution in [0.25, 0.3) is 0 Å². The fourth-order valence-electron chi connectivity index (χ4n) is 4.30. The largest absolute Gasteiger partial charge is 0.491 e. The summed E-state index contributed by atoms with van der Waals surface area (Å²) >= 11 is 0. The Morgan fingerprint density at radius 2 is 1.86 bits per heavy atom. The first-order valence-corrected chi connectivity index (χ1v) is 7.17. The molecule has 120 valence electrons. The number of carbonyl (C=O) groups excluding carboxylic acids is 2. The van der Waals surface area contributed by atoms with E-state index in [2.05, 4.69) is 0 Å². The first kappa shape index (κ1) is 15.2. The van der Waals surface area contributed by atoms with Crippen LogP contribution in [0.4, 0.5) is 0 Å². The van der Waals surface area contributed by atoms with Crippen molar-refractivity contribution in [1.29, 1.82) is 0 Å². The molecule has 3 aliphatic carbocycles. The van der Waals surface area contributed by atoms with Gasteiger partial charge < -0.3 is 18.9 Å². The summed E-state index contributed by atoms with van der Waals surface area (Å²) in [5.74, 6) is -2.86. The molecule has 0 N–H and O–H groups in total. The maximum absolute atomic E-state index is 12.9. The Hall–Kier alpha value is -1.66. The molecule has 1 fully saturated rings. The van der Waals surface area contributed by atoms with Gasteiger partial charge in [0, 0.05) is 25.7 Å². The Kier molecular flexibility index (Phi) is 3.23.